The molecule has 0 amide bonds. The van der Waals surface area contributed by atoms with E-state index in [0.717, 1.165) is 12.5 Å². The minimum absolute atomic E-state index is 0. The van der Waals surface area contributed by atoms with Gasteiger partial charge in [0.15, 0.2) is 25.5 Å². The van der Waals surface area contributed by atoms with Gasteiger partial charge in [-0.25, -0.2) is 21.6 Å². The molecule has 358 valence electrons. The molecule has 5 rings (SSSR count). The van der Waals surface area contributed by atoms with Gasteiger partial charge in [-0.2, -0.15) is 0 Å². The molecule has 0 radical (unpaired) electrons. The van der Waals surface area contributed by atoms with Crippen molar-refractivity contribution in [3.8, 4) is 34.5 Å². The quantitative estimate of drug-likeness (QED) is 0.0435. The Balaban J connectivity index is 0.000000421. The SMILES string of the molecule is C.COC(=O)c1cc(O)cc(Oc2ccc(S(C)(=O)=O)cc2)c1.COC[C@H](C)Oc1cc(Oc2ccc(S(C)(=O)=O)cc2)cc(C(=O)Cc2cnc(CP(=O)(OC(C)C)OC(C)C)cn2)c1. The largest absolute Gasteiger partial charge is 0.508 e. The van der Waals surface area contributed by atoms with E-state index in [2.05, 4.69) is 14.7 Å². The molecule has 1 heterocycles. The van der Waals surface area contributed by atoms with Crippen molar-refractivity contribution in [2.24, 2.45) is 0 Å². The van der Waals surface area contributed by atoms with Crippen LogP contribution in [-0.4, -0.2) is 95.3 Å². The van der Waals surface area contributed by atoms with Crippen LogP contribution in [0.2, 0.25) is 0 Å². The topological polar surface area (TPSA) is 230 Å². The molecule has 0 aliphatic rings. The Morgan fingerprint density at radius 1 is 0.652 bits per heavy atom. The van der Waals surface area contributed by atoms with Gasteiger partial charge in [0.05, 0.1) is 65.2 Å². The van der Waals surface area contributed by atoms with Gasteiger partial charge in [0.2, 0.25) is 0 Å². The first-order valence-corrected chi connectivity index (χ1v) is 25.4. The van der Waals surface area contributed by atoms with Gasteiger partial charge < -0.3 is 37.8 Å². The Kier molecular flexibility index (Phi) is 20.0. The van der Waals surface area contributed by atoms with Crippen molar-refractivity contribution in [1.29, 1.82) is 0 Å². The molecule has 1 atom stereocenters. The lowest BCUT2D eigenvalue weighted by molar-refractivity contribution is 0.0599. The van der Waals surface area contributed by atoms with E-state index >= 15 is 0 Å². The van der Waals surface area contributed by atoms with Crippen molar-refractivity contribution < 1.29 is 68.8 Å². The number of phenols is 1. The van der Waals surface area contributed by atoms with Gasteiger partial charge in [0.25, 0.3) is 0 Å². The highest BCUT2D eigenvalue weighted by atomic mass is 32.2. The van der Waals surface area contributed by atoms with Crippen LogP contribution in [-0.2, 0) is 55.3 Å². The number of benzene rings is 4. The molecule has 0 aliphatic carbocycles. The van der Waals surface area contributed by atoms with Crippen molar-refractivity contribution in [2.45, 2.75) is 82.7 Å². The lowest BCUT2D eigenvalue weighted by atomic mass is 10.1. The summed E-state index contributed by atoms with van der Waals surface area (Å²) in [4.78, 5) is 33.8. The van der Waals surface area contributed by atoms with E-state index in [-0.39, 0.29) is 71.0 Å². The first-order valence-electron chi connectivity index (χ1n) is 19.9. The van der Waals surface area contributed by atoms with Gasteiger partial charge in [-0.1, -0.05) is 7.43 Å². The molecule has 0 saturated heterocycles. The summed E-state index contributed by atoms with van der Waals surface area (Å²) < 4.78 is 97.8. The number of rotatable bonds is 20. The van der Waals surface area contributed by atoms with Crippen LogP contribution in [0.4, 0.5) is 0 Å². The number of sulfone groups is 2. The van der Waals surface area contributed by atoms with Gasteiger partial charge in [-0.3, -0.25) is 19.3 Å². The molecule has 0 spiro atoms. The predicted molar refractivity (Wildman–Crippen MR) is 248 cm³/mol. The number of esters is 1. The van der Waals surface area contributed by atoms with Crippen LogP contribution >= 0.6 is 7.60 Å². The number of hydrogen-bond acceptors (Lipinski definition) is 17. The Morgan fingerprint density at radius 2 is 1.12 bits per heavy atom. The van der Waals surface area contributed by atoms with E-state index in [1.165, 1.54) is 86.2 Å². The average Bonchev–Trinajstić information content (AvgIpc) is 3.20. The van der Waals surface area contributed by atoms with Gasteiger partial charge in [0.1, 0.15) is 40.6 Å². The molecule has 1 aromatic heterocycles. The van der Waals surface area contributed by atoms with E-state index in [4.69, 9.17) is 28.0 Å². The minimum Gasteiger partial charge on any atom is -0.508 e. The number of hydrogen-bond donors (Lipinski definition) is 1. The summed E-state index contributed by atoms with van der Waals surface area (Å²) in [7, 11) is -7.29. The molecule has 0 fully saturated rings. The smallest absolute Gasteiger partial charge is 0.338 e. The van der Waals surface area contributed by atoms with Gasteiger partial charge in [-0.05, 0) is 107 Å². The highest BCUT2D eigenvalue weighted by Crippen LogP contribution is 2.53. The molecule has 0 saturated carbocycles. The molecular formula is C46H57N2O15PS2. The first-order chi connectivity index (χ1) is 30.4. The monoisotopic (exact) mass is 972 g/mol. The second-order valence-corrected chi connectivity index (χ2v) is 21.1. The van der Waals surface area contributed by atoms with E-state index < -0.39 is 33.2 Å². The third-order valence-electron chi connectivity index (χ3n) is 8.43. The number of ether oxygens (including phenoxy) is 5. The van der Waals surface area contributed by atoms with E-state index in [0.29, 0.717) is 46.6 Å². The van der Waals surface area contributed by atoms with Crippen LogP contribution < -0.4 is 14.2 Å². The fourth-order valence-electron chi connectivity index (χ4n) is 5.78. The Labute approximate surface area is 386 Å². The fourth-order valence-corrected chi connectivity index (χ4v) is 9.09. The Bertz CT molecular complexity index is 2660. The van der Waals surface area contributed by atoms with Crippen molar-refractivity contribution in [3.05, 3.63) is 120 Å². The fraction of sp³-hybridized carbons (Fsp3) is 0.348. The van der Waals surface area contributed by atoms with Gasteiger partial charge in [-0.15, -0.1) is 0 Å². The number of carbonyl (C=O) groups is 2. The highest BCUT2D eigenvalue weighted by molar-refractivity contribution is 7.91. The maximum absolute atomic E-state index is 13.3. The molecule has 5 aromatic rings. The van der Waals surface area contributed by atoms with Gasteiger partial charge >= 0.3 is 13.6 Å². The summed E-state index contributed by atoms with van der Waals surface area (Å²) in [6, 6.07) is 20.6. The number of nitrogens with zero attached hydrogens (tertiary/aromatic N) is 2. The van der Waals surface area contributed by atoms with Crippen molar-refractivity contribution in [3.63, 3.8) is 0 Å². The predicted octanol–water partition coefficient (Wildman–Crippen LogP) is 9.07. The zero-order chi connectivity index (χ0) is 48.1. The van der Waals surface area contributed by atoms with Crippen LogP contribution in [0.15, 0.2) is 107 Å². The summed E-state index contributed by atoms with van der Waals surface area (Å²) in [6.45, 7) is 9.28. The molecule has 0 bridgehead atoms. The maximum Gasteiger partial charge on any atom is 0.338 e. The standard InChI is InChI=1S/C30H39N2O9PS.C15H14O6S.CH4/c1-20(2)40-42(34,41-21(3)4)19-25-17-31-24(16-32-25)14-30(33)23-12-27(38-22(5)18-37-6)15-28(13-23)39-26-8-10-29(11-9-26)43(7,35)36;1-20-15(17)10-7-11(16)9-13(8-10)21-12-3-5-14(6-4-12)22(2,18)19;/h8-13,15-17,20-22H,14,18-19H2,1-7H3;3-9,16H,1-2H3;1H4/t22-;;/m0../s1. The van der Waals surface area contributed by atoms with E-state index in [1.807, 2.05) is 6.92 Å². The number of aromatic hydroxyl groups is 1. The van der Waals surface area contributed by atoms with Crippen LogP contribution in [0.3, 0.4) is 0 Å². The normalized spacial score (nSPS) is 12.0. The highest BCUT2D eigenvalue weighted by Gasteiger charge is 2.29. The minimum atomic E-state index is -3.45. The van der Waals surface area contributed by atoms with Gasteiger partial charge in [0, 0.05) is 49.7 Å². The summed E-state index contributed by atoms with van der Waals surface area (Å²) in [5.41, 5.74) is 1.29. The Morgan fingerprint density at radius 3 is 1.58 bits per heavy atom. The number of ketones is 1. The summed E-state index contributed by atoms with van der Waals surface area (Å²) in [6.07, 6.45) is 4.16. The summed E-state index contributed by atoms with van der Waals surface area (Å²) in [5, 5.41) is 9.60. The number of methoxy groups -OCH3 is 2. The Hall–Kier alpha value is -5.69. The second kappa shape index (κ2) is 24.2. The lowest BCUT2D eigenvalue weighted by Crippen LogP contribution is -2.18. The number of Topliss-reactive ketones (excluding diaryl/α,β-unsaturated/α-hetero) is 1. The first kappa shape index (κ1) is 54.6. The number of phenolic OH excluding ortho intramolecular Hbond substituents is 1. The average molecular weight is 973 g/mol. The third kappa shape index (κ3) is 17.6. The molecular weight excluding hydrogens is 916 g/mol. The molecule has 1 N–H and O–H groups in total. The molecule has 0 aliphatic heterocycles. The molecule has 20 heteroatoms. The number of carbonyl (C=O) groups excluding carboxylic acids is 2. The maximum atomic E-state index is 13.3. The molecule has 66 heavy (non-hydrogen) atoms. The summed E-state index contributed by atoms with van der Waals surface area (Å²) in [5.74, 6) is 0.687. The van der Waals surface area contributed by atoms with Crippen LogP contribution in [0.1, 0.15) is 74.1 Å². The third-order valence-corrected chi connectivity index (χ3v) is 12.9. The van der Waals surface area contributed by atoms with Crippen LogP contribution in [0, 0.1) is 0 Å². The zero-order valence-electron chi connectivity index (χ0n) is 37.4. The number of aromatic nitrogens is 2. The van der Waals surface area contributed by atoms with Crippen molar-refractivity contribution >= 4 is 39.0 Å². The second-order valence-electron chi connectivity index (χ2n) is 15.2. The molecule has 4 aromatic carbocycles. The van der Waals surface area contributed by atoms with E-state index in [1.54, 1.807) is 53.0 Å². The lowest BCUT2D eigenvalue weighted by Gasteiger charge is -2.22. The zero-order valence-corrected chi connectivity index (χ0v) is 39.9. The van der Waals surface area contributed by atoms with Crippen LogP contribution in [0.25, 0.3) is 0 Å². The molecule has 17 nitrogen and oxygen atoms in total. The summed E-state index contributed by atoms with van der Waals surface area (Å²) >= 11 is 0. The van der Waals surface area contributed by atoms with Crippen molar-refractivity contribution in [1.82, 2.24) is 9.97 Å². The van der Waals surface area contributed by atoms with E-state index in [9.17, 15) is 36.1 Å². The van der Waals surface area contributed by atoms with Crippen LogP contribution in [0.5, 0.6) is 34.5 Å². The van der Waals surface area contributed by atoms with Crippen molar-refractivity contribution in [2.75, 3.05) is 33.3 Å². The molecule has 0 unspecified atom stereocenters.